The van der Waals surface area contributed by atoms with Gasteiger partial charge in [0.15, 0.2) is 0 Å². The largest absolute Gasteiger partial charge is 0.434 e. The number of hydrogen-bond acceptors (Lipinski definition) is 4. The average Bonchev–Trinajstić information content (AvgIpc) is 2.24. The van der Waals surface area contributed by atoms with Crippen LogP contribution in [0.4, 0.5) is 13.2 Å². The molecule has 1 heterocycles. The van der Waals surface area contributed by atoms with Crippen LogP contribution in [0.5, 0.6) is 0 Å². The van der Waals surface area contributed by atoms with Gasteiger partial charge in [0.05, 0.1) is 13.2 Å². The first-order chi connectivity index (χ1) is 8.27. The number of hydrogen-bond donors (Lipinski definition) is 2. The summed E-state index contributed by atoms with van der Waals surface area (Å²) < 4.78 is 42.7. The maximum atomic E-state index is 12.7. The molecule has 2 N–H and O–H groups in total. The molecule has 1 atom stereocenters. The third-order valence-electron chi connectivity index (χ3n) is 2.05. The van der Waals surface area contributed by atoms with Crippen molar-refractivity contribution in [3.05, 3.63) is 32.6 Å². The van der Waals surface area contributed by atoms with E-state index in [9.17, 15) is 22.8 Å². The molecular formula is C9H11F3N2O4. The number of rotatable bonds is 4. The first-order valence-electron chi connectivity index (χ1n) is 4.88. The van der Waals surface area contributed by atoms with Gasteiger partial charge in [-0.1, -0.05) is 0 Å². The van der Waals surface area contributed by atoms with Gasteiger partial charge in [-0.2, -0.15) is 13.2 Å². The van der Waals surface area contributed by atoms with Crippen LogP contribution in [0.25, 0.3) is 0 Å². The summed E-state index contributed by atoms with van der Waals surface area (Å²) in [5, 5.41) is 8.46. The molecule has 0 aliphatic rings. The molecule has 0 saturated carbocycles. The van der Waals surface area contributed by atoms with Gasteiger partial charge in [-0.15, -0.1) is 0 Å². The van der Waals surface area contributed by atoms with Crippen molar-refractivity contribution in [3.8, 4) is 0 Å². The van der Waals surface area contributed by atoms with Crippen LogP contribution in [0, 0.1) is 6.92 Å². The second-order valence-corrected chi connectivity index (χ2v) is 3.47. The minimum absolute atomic E-state index is 0.0588. The minimum Gasteiger partial charge on any atom is -0.394 e. The highest BCUT2D eigenvalue weighted by Gasteiger charge is 2.43. The molecule has 1 rings (SSSR count). The molecule has 0 saturated heterocycles. The molecule has 102 valence electrons. The lowest BCUT2D eigenvalue weighted by Crippen LogP contribution is -2.40. The third-order valence-corrected chi connectivity index (χ3v) is 2.05. The van der Waals surface area contributed by atoms with Crippen molar-refractivity contribution in [2.45, 2.75) is 19.3 Å². The van der Waals surface area contributed by atoms with Gasteiger partial charge in [0.1, 0.15) is 0 Å². The van der Waals surface area contributed by atoms with Gasteiger partial charge < -0.3 is 9.84 Å². The van der Waals surface area contributed by atoms with E-state index >= 15 is 0 Å². The number of aliphatic hydroxyl groups is 1. The second-order valence-electron chi connectivity index (χ2n) is 3.47. The summed E-state index contributed by atoms with van der Waals surface area (Å²) in [4.78, 5) is 24.1. The number of nitrogens with zero attached hydrogens (tertiary/aromatic N) is 1. The highest BCUT2D eigenvalue weighted by molar-refractivity contribution is 5.01. The molecule has 1 aromatic heterocycles. The highest BCUT2D eigenvalue weighted by Crippen LogP contribution is 2.30. The van der Waals surface area contributed by atoms with Gasteiger partial charge in [0.2, 0.25) is 6.23 Å². The van der Waals surface area contributed by atoms with Crippen molar-refractivity contribution in [2.24, 2.45) is 0 Å². The van der Waals surface area contributed by atoms with Gasteiger partial charge in [-0.05, 0) is 6.92 Å². The van der Waals surface area contributed by atoms with Gasteiger partial charge in [-0.3, -0.25) is 14.3 Å². The molecule has 6 nitrogen and oxygen atoms in total. The van der Waals surface area contributed by atoms with Crippen LogP contribution >= 0.6 is 0 Å². The summed E-state index contributed by atoms with van der Waals surface area (Å²) in [6.07, 6.45) is -6.63. The number of aromatic nitrogens is 2. The van der Waals surface area contributed by atoms with E-state index in [0.717, 1.165) is 6.20 Å². The second kappa shape index (κ2) is 5.36. The number of halogens is 3. The van der Waals surface area contributed by atoms with E-state index in [2.05, 4.69) is 4.74 Å². The number of aryl methyl sites for hydroxylation is 1. The zero-order valence-corrected chi connectivity index (χ0v) is 9.32. The van der Waals surface area contributed by atoms with Crippen molar-refractivity contribution in [2.75, 3.05) is 13.2 Å². The summed E-state index contributed by atoms with van der Waals surface area (Å²) in [5.41, 5.74) is -2.05. The number of nitrogens with one attached hydrogen (secondary N) is 1. The van der Waals surface area contributed by atoms with E-state index in [0.29, 0.717) is 0 Å². The van der Waals surface area contributed by atoms with E-state index in [1.54, 1.807) is 4.98 Å². The van der Waals surface area contributed by atoms with Crippen molar-refractivity contribution in [1.29, 1.82) is 0 Å². The standard InChI is InChI=1S/C9H11F3N2O4/c1-5-4-14(8(17)13-6(5)16)7(9(10,11)12)18-3-2-15/h4,7,15H,2-3H2,1H3,(H,13,16,17). The van der Waals surface area contributed by atoms with Crippen molar-refractivity contribution in [1.82, 2.24) is 9.55 Å². The lowest BCUT2D eigenvalue weighted by atomic mass is 10.4. The first kappa shape index (κ1) is 14.5. The number of aliphatic hydroxyl groups excluding tert-OH is 1. The maximum Gasteiger partial charge on any atom is 0.434 e. The zero-order chi connectivity index (χ0) is 13.9. The van der Waals surface area contributed by atoms with Gasteiger partial charge in [0.25, 0.3) is 5.56 Å². The Labute approximate surface area is 98.6 Å². The molecule has 0 aliphatic heterocycles. The van der Waals surface area contributed by atoms with Crippen LogP contribution in [0.15, 0.2) is 15.8 Å². The molecular weight excluding hydrogens is 257 g/mol. The minimum atomic E-state index is -4.84. The quantitative estimate of drug-likeness (QED) is 0.799. The Bertz CT molecular complexity index is 520. The van der Waals surface area contributed by atoms with Crippen LogP contribution < -0.4 is 11.2 Å². The summed E-state index contributed by atoms with van der Waals surface area (Å²) >= 11 is 0. The number of ether oxygens (including phenoxy) is 1. The number of H-pyrrole nitrogens is 1. The van der Waals surface area contributed by atoms with Crippen LogP contribution in [0.3, 0.4) is 0 Å². The SMILES string of the molecule is Cc1cn(C(OCCO)C(F)(F)F)c(=O)[nH]c1=O. The number of aromatic amines is 1. The molecule has 0 aliphatic carbocycles. The predicted octanol–water partition coefficient (Wildman–Crippen LogP) is -0.0852. The fourth-order valence-electron chi connectivity index (χ4n) is 1.26. The fourth-order valence-corrected chi connectivity index (χ4v) is 1.26. The smallest absolute Gasteiger partial charge is 0.394 e. The molecule has 18 heavy (non-hydrogen) atoms. The van der Waals surface area contributed by atoms with Gasteiger partial charge >= 0.3 is 11.9 Å². The topological polar surface area (TPSA) is 84.3 Å². The van der Waals surface area contributed by atoms with Crippen LogP contribution in [-0.4, -0.2) is 34.0 Å². The Morgan fingerprint density at radius 3 is 2.61 bits per heavy atom. The van der Waals surface area contributed by atoms with E-state index in [4.69, 9.17) is 5.11 Å². The Morgan fingerprint density at radius 1 is 1.50 bits per heavy atom. The summed E-state index contributed by atoms with van der Waals surface area (Å²) in [6, 6.07) is 0. The monoisotopic (exact) mass is 268 g/mol. The van der Waals surface area contributed by atoms with Crippen molar-refractivity contribution < 1.29 is 23.0 Å². The van der Waals surface area contributed by atoms with Crippen LogP contribution in [-0.2, 0) is 4.74 Å². The Balaban J connectivity index is 3.25. The average molecular weight is 268 g/mol. The highest BCUT2D eigenvalue weighted by atomic mass is 19.4. The molecule has 0 amide bonds. The predicted molar refractivity (Wildman–Crippen MR) is 54.2 cm³/mol. The van der Waals surface area contributed by atoms with Gasteiger partial charge in [0, 0.05) is 11.8 Å². The van der Waals surface area contributed by atoms with E-state index in [-0.39, 0.29) is 10.1 Å². The Kier molecular flexibility index (Phi) is 4.30. The zero-order valence-electron chi connectivity index (χ0n) is 9.32. The first-order valence-corrected chi connectivity index (χ1v) is 4.88. The van der Waals surface area contributed by atoms with E-state index in [1.165, 1.54) is 6.92 Å². The van der Waals surface area contributed by atoms with Crippen molar-refractivity contribution >= 4 is 0 Å². The molecule has 1 unspecified atom stereocenters. The summed E-state index contributed by atoms with van der Waals surface area (Å²) in [6.45, 7) is 0.0483. The number of alkyl halides is 3. The molecule has 0 aromatic carbocycles. The lowest BCUT2D eigenvalue weighted by Gasteiger charge is -2.22. The molecule has 9 heteroatoms. The summed E-state index contributed by atoms with van der Waals surface area (Å²) in [7, 11) is 0. The van der Waals surface area contributed by atoms with Crippen LogP contribution in [0.2, 0.25) is 0 Å². The Morgan fingerprint density at radius 2 is 2.11 bits per heavy atom. The van der Waals surface area contributed by atoms with Gasteiger partial charge in [-0.25, -0.2) is 4.79 Å². The molecule has 0 fully saturated rings. The Hall–Kier alpha value is -1.61. The molecule has 0 bridgehead atoms. The van der Waals surface area contributed by atoms with E-state index in [1.807, 2.05) is 0 Å². The third kappa shape index (κ3) is 3.20. The van der Waals surface area contributed by atoms with Crippen molar-refractivity contribution in [3.63, 3.8) is 0 Å². The van der Waals surface area contributed by atoms with Crippen LogP contribution in [0.1, 0.15) is 11.8 Å². The van der Waals surface area contributed by atoms with E-state index < -0.39 is 36.9 Å². The molecule has 0 spiro atoms. The summed E-state index contributed by atoms with van der Waals surface area (Å²) in [5.74, 6) is 0. The molecule has 1 aromatic rings. The maximum absolute atomic E-state index is 12.7. The fraction of sp³-hybridized carbons (Fsp3) is 0.556. The normalized spacial score (nSPS) is 13.6. The lowest BCUT2D eigenvalue weighted by molar-refractivity contribution is -0.252. The molecule has 0 radical (unpaired) electrons.